The van der Waals surface area contributed by atoms with Crippen molar-refractivity contribution in [1.29, 1.82) is 0 Å². The van der Waals surface area contributed by atoms with E-state index in [1.165, 1.54) is 0 Å². The number of aromatic nitrogens is 7. The number of pyridine rings is 1. The largest absolute Gasteiger partial charge is 0.495 e. The molecule has 38 heavy (non-hydrogen) atoms. The molecule has 9 nitrogen and oxygen atoms in total. The molecule has 0 aliphatic rings. The maximum absolute atomic E-state index is 13.8. The molecule has 9 heteroatoms. The summed E-state index contributed by atoms with van der Waals surface area (Å²) in [5, 5.41) is 14.4. The third-order valence-electron chi connectivity index (χ3n) is 6.73. The number of hydrogen-bond acceptors (Lipinski definition) is 6. The topological polar surface area (TPSA) is 104 Å². The highest BCUT2D eigenvalue weighted by Gasteiger charge is 2.18. The predicted molar refractivity (Wildman–Crippen MR) is 147 cm³/mol. The molecule has 0 saturated carbocycles. The normalized spacial score (nSPS) is 11.1. The summed E-state index contributed by atoms with van der Waals surface area (Å²) in [6.07, 6.45) is 7.42. The van der Waals surface area contributed by atoms with Crippen molar-refractivity contribution in [3.63, 3.8) is 0 Å². The molecule has 0 unspecified atom stereocenters. The lowest BCUT2D eigenvalue weighted by Gasteiger charge is -2.13. The Kier molecular flexibility index (Phi) is 7.44. The first-order chi connectivity index (χ1) is 18.6. The molecule has 0 aliphatic carbocycles. The summed E-state index contributed by atoms with van der Waals surface area (Å²) in [7, 11) is 1.64. The van der Waals surface area contributed by atoms with Gasteiger partial charge in [0.15, 0.2) is 0 Å². The highest BCUT2D eigenvalue weighted by Crippen LogP contribution is 2.29. The summed E-state index contributed by atoms with van der Waals surface area (Å²) >= 11 is 0. The molecule has 0 radical (unpaired) electrons. The van der Waals surface area contributed by atoms with Gasteiger partial charge in [0.1, 0.15) is 5.75 Å². The van der Waals surface area contributed by atoms with Gasteiger partial charge in [0.2, 0.25) is 5.82 Å². The Balaban J connectivity index is 1.51. The van der Waals surface area contributed by atoms with Gasteiger partial charge in [-0.1, -0.05) is 56.7 Å². The number of benzene rings is 2. The van der Waals surface area contributed by atoms with Gasteiger partial charge >= 0.3 is 5.69 Å². The lowest BCUT2D eigenvalue weighted by Crippen LogP contribution is -2.25. The summed E-state index contributed by atoms with van der Waals surface area (Å²) in [5.74, 6) is 1.19. The van der Waals surface area contributed by atoms with Crippen molar-refractivity contribution < 1.29 is 4.74 Å². The number of H-pyrrole nitrogens is 1. The van der Waals surface area contributed by atoms with Crippen molar-refractivity contribution in [3.8, 4) is 34.1 Å². The van der Waals surface area contributed by atoms with E-state index in [1.807, 2.05) is 65.4 Å². The minimum Gasteiger partial charge on any atom is -0.495 e. The van der Waals surface area contributed by atoms with Crippen LogP contribution in [0.15, 0.2) is 71.8 Å². The highest BCUT2D eigenvalue weighted by molar-refractivity contribution is 5.76. The molecular weight excluding hydrogens is 478 g/mol. The van der Waals surface area contributed by atoms with Gasteiger partial charge in [-0.05, 0) is 53.8 Å². The van der Waals surface area contributed by atoms with Crippen LogP contribution in [0.3, 0.4) is 0 Å². The number of hydrogen-bond donors (Lipinski definition) is 1. The quantitative estimate of drug-likeness (QED) is 0.289. The second-order valence-electron chi connectivity index (χ2n) is 9.12. The van der Waals surface area contributed by atoms with Crippen LogP contribution < -0.4 is 10.4 Å². The van der Waals surface area contributed by atoms with E-state index < -0.39 is 0 Å². The van der Waals surface area contributed by atoms with Crippen molar-refractivity contribution in [2.24, 2.45) is 0 Å². The number of tetrazole rings is 1. The van der Waals surface area contributed by atoms with E-state index in [-0.39, 0.29) is 5.69 Å². The lowest BCUT2D eigenvalue weighted by molar-refractivity contribution is 0.412. The number of imidazole rings is 1. The molecule has 0 aliphatic heterocycles. The van der Waals surface area contributed by atoms with E-state index in [9.17, 15) is 4.79 Å². The van der Waals surface area contributed by atoms with E-state index in [2.05, 4.69) is 39.5 Å². The van der Waals surface area contributed by atoms with Crippen molar-refractivity contribution in [2.45, 2.75) is 46.1 Å². The zero-order valence-electron chi connectivity index (χ0n) is 21.9. The van der Waals surface area contributed by atoms with E-state index >= 15 is 0 Å². The maximum atomic E-state index is 13.8. The van der Waals surface area contributed by atoms with Crippen LogP contribution in [0.4, 0.5) is 0 Å². The van der Waals surface area contributed by atoms with Gasteiger partial charge in [-0.3, -0.25) is 14.1 Å². The fourth-order valence-electron chi connectivity index (χ4n) is 4.75. The van der Waals surface area contributed by atoms with Crippen LogP contribution in [-0.4, -0.2) is 41.9 Å². The molecule has 0 bridgehead atoms. The van der Waals surface area contributed by atoms with E-state index in [1.54, 1.807) is 17.9 Å². The lowest BCUT2D eigenvalue weighted by atomic mass is 10.0. The van der Waals surface area contributed by atoms with Crippen LogP contribution in [0.25, 0.3) is 28.3 Å². The summed E-state index contributed by atoms with van der Waals surface area (Å²) in [6.45, 7) is 4.72. The van der Waals surface area contributed by atoms with Crippen molar-refractivity contribution in [2.75, 3.05) is 7.11 Å². The maximum Gasteiger partial charge on any atom is 0.333 e. The average Bonchev–Trinajstić information content (AvgIpc) is 3.61. The molecule has 2 aromatic carbocycles. The molecule has 0 spiro atoms. The molecule has 5 aromatic rings. The number of aryl methyl sites for hydroxylation is 2. The third kappa shape index (κ3) is 4.87. The van der Waals surface area contributed by atoms with Crippen molar-refractivity contribution in [3.05, 3.63) is 94.3 Å². The smallest absolute Gasteiger partial charge is 0.333 e. The Hall–Kier alpha value is -4.53. The van der Waals surface area contributed by atoms with Gasteiger partial charge in [0, 0.05) is 29.2 Å². The Morgan fingerprint density at radius 1 is 1.03 bits per heavy atom. The van der Waals surface area contributed by atoms with Crippen LogP contribution in [0.5, 0.6) is 5.75 Å². The molecule has 3 heterocycles. The predicted octanol–water partition coefficient (Wildman–Crippen LogP) is 4.84. The highest BCUT2D eigenvalue weighted by atomic mass is 16.5. The number of aromatic amines is 1. The Morgan fingerprint density at radius 3 is 2.58 bits per heavy atom. The fraction of sp³-hybridized carbons (Fsp3) is 0.276. The first-order valence-electron chi connectivity index (χ1n) is 12.9. The van der Waals surface area contributed by atoms with Crippen LogP contribution in [0.2, 0.25) is 0 Å². The molecule has 3 aromatic heterocycles. The molecule has 0 amide bonds. The Labute approximate surface area is 221 Å². The second-order valence-corrected chi connectivity index (χ2v) is 9.12. The zero-order chi connectivity index (χ0) is 26.5. The molecule has 194 valence electrons. The molecule has 0 saturated heterocycles. The van der Waals surface area contributed by atoms with Gasteiger partial charge in [-0.2, -0.15) is 5.21 Å². The molecule has 1 N–H and O–H groups in total. The fourth-order valence-corrected chi connectivity index (χ4v) is 4.75. The van der Waals surface area contributed by atoms with E-state index in [0.717, 1.165) is 65.0 Å². The van der Waals surface area contributed by atoms with Gasteiger partial charge in [0.25, 0.3) is 0 Å². The number of para-hydroxylation sites is 1. The summed E-state index contributed by atoms with van der Waals surface area (Å²) < 4.78 is 9.28. The van der Waals surface area contributed by atoms with E-state index in [4.69, 9.17) is 4.74 Å². The zero-order valence-corrected chi connectivity index (χ0v) is 21.9. The number of methoxy groups -OCH3 is 1. The van der Waals surface area contributed by atoms with Gasteiger partial charge in [-0.25, -0.2) is 4.79 Å². The van der Waals surface area contributed by atoms with Crippen LogP contribution in [0, 0.1) is 0 Å². The first-order valence-corrected chi connectivity index (χ1v) is 12.9. The van der Waals surface area contributed by atoms with E-state index in [0.29, 0.717) is 18.1 Å². The Morgan fingerprint density at radius 2 is 1.87 bits per heavy atom. The number of rotatable bonds is 10. The summed E-state index contributed by atoms with van der Waals surface area (Å²) in [6, 6.07) is 17.8. The number of unbranched alkanes of at least 4 members (excludes halogenated alkanes) is 1. The second kappa shape index (κ2) is 11.2. The first kappa shape index (κ1) is 25.1. The van der Waals surface area contributed by atoms with Crippen LogP contribution in [0.1, 0.15) is 43.5 Å². The number of nitrogens with zero attached hydrogens (tertiary/aromatic N) is 6. The van der Waals surface area contributed by atoms with Crippen molar-refractivity contribution in [1.82, 2.24) is 34.7 Å². The molecule has 0 fully saturated rings. The number of nitrogens with one attached hydrogen (secondary N) is 1. The van der Waals surface area contributed by atoms with Gasteiger partial charge < -0.3 is 4.74 Å². The van der Waals surface area contributed by atoms with Gasteiger partial charge in [0.05, 0.1) is 25.0 Å². The average molecular weight is 510 g/mol. The molecule has 0 atom stereocenters. The minimum absolute atomic E-state index is 0.0662. The van der Waals surface area contributed by atoms with Crippen LogP contribution >= 0.6 is 0 Å². The SMILES string of the molecule is CCCCc1cn(-c2c(CC)cccc2OC)c(=O)n1Cc1ccc(-c2ncccc2-c2nn[nH]n2)cc1. The number of ether oxygens (including phenoxy) is 1. The summed E-state index contributed by atoms with van der Waals surface area (Å²) in [4.78, 5) is 18.4. The monoisotopic (exact) mass is 509 g/mol. The third-order valence-corrected chi connectivity index (χ3v) is 6.73. The summed E-state index contributed by atoms with van der Waals surface area (Å²) in [5.41, 5.74) is 6.37. The van der Waals surface area contributed by atoms with Crippen molar-refractivity contribution >= 4 is 0 Å². The van der Waals surface area contributed by atoms with Crippen LogP contribution in [-0.2, 0) is 19.4 Å². The minimum atomic E-state index is -0.0662. The molecular formula is C29H31N7O2. The standard InChI is InChI=1S/C29H31N7O2/c1-4-6-10-23-19-36(27-21(5-2)9-7-12-25(27)38-3)29(37)35(23)18-20-13-15-22(16-14-20)26-24(11-8-17-30-26)28-31-33-34-32-28/h7-9,11-17,19H,4-6,10,18H2,1-3H3,(H,31,32,33,34). The van der Waals surface area contributed by atoms with Gasteiger partial charge in [-0.15, -0.1) is 10.2 Å². The molecule has 5 rings (SSSR count). The Bertz CT molecular complexity index is 1550.